The van der Waals surface area contributed by atoms with Gasteiger partial charge in [-0.1, -0.05) is 6.07 Å². The van der Waals surface area contributed by atoms with Crippen molar-refractivity contribution < 1.29 is 9.90 Å². The second kappa shape index (κ2) is 4.40. The van der Waals surface area contributed by atoms with Crippen LogP contribution in [-0.2, 0) is 0 Å². The summed E-state index contributed by atoms with van der Waals surface area (Å²) in [6, 6.07) is 5.27. The number of carbonyl (C=O) groups is 1. The van der Waals surface area contributed by atoms with Gasteiger partial charge in [-0.25, -0.2) is 0 Å². The lowest BCUT2D eigenvalue weighted by atomic mass is 10.1. The summed E-state index contributed by atoms with van der Waals surface area (Å²) in [5, 5.41) is 9.46. The number of rotatable bonds is 1. The van der Waals surface area contributed by atoms with Gasteiger partial charge in [-0.3, -0.25) is 9.78 Å². The number of hydrogen-bond donors (Lipinski definition) is 1. The fraction of sp³-hybridized carbons (Fsp3) is 0.455. The van der Waals surface area contributed by atoms with E-state index < -0.39 is 0 Å². The highest BCUT2D eigenvalue weighted by molar-refractivity contribution is 5.92. The van der Waals surface area contributed by atoms with Crippen molar-refractivity contribution in [3.8, 4) is 0 Å². The second-order valence-electron chi connectivity index (χ2n) is 3.76. The molecule has 1 atom stereocenters. The topological polar surface area (TPSA) is 53.4 Å². The number of piperidine rings is 1. The van der Waals surface area contributed by atoms with Crippen LogP contribution < -0.4 is 0 Å². The Morgan fingerprint density at radius 1 is 1.53 bits per heavy atom. The van der Waals surface area contributed by atoms with Gasteiger partial charge in [0.05, 0.1) is 6.10 Å². The Bertz CT molecular complexity index is 340. The molecule has 1 unspecified atom stereocenters. The van der Waals surface area contributed by atoms with Crippen LogP contribution in [0.3, 0.4) is 0 Å². The number of hydrogen-bond acceptors (Lipinski definition) is 3. The Morgan fingerprint density at radius 2 is 2.40 bits per heavy atom. The summed E-state index contributed by atoms with van der Waals surface area (Å²) >= 11 is 0. The van der Waals surface area contributed by atoms with Gasteiger partial charge in [0.1, 0.15) is 5.69 Å². The van der Waals surface area contributed by atoms with E-state index in [4.69, 9.17) is 0 Å². The summed E-state index contributed by atoms with van der Waals surface area (Å²) < 4.78 is 0. The zero-order valence-electron chi connectivity index (χ0n) is 8.47. The van der Waals surface area contributed by atoms with Crippen LogP contribution in [0, 0.1) is 0 Å². The molecule has 80 valence electrons. The lowest BCUT2D eigenvalue weighted by molar-refractivity contribution is 0.0469. The predicted molar refractivity (Wildman–Crippen MR) is 55.4 cm³/mol. The minimum Gasteiger partial charge on any atom is -0.391 e. The van der Waals surface area contributed by atoms with Crippen molar-refractivity contribution >= 4 is 5.91 Å². The van der Waals surface area contributed by atoms with Gasteiger partial charge >= 0.3 is 0 Å². The minimum absolute atomic E-state index is 0.0886. The van der Waals surface area contributed by atoms with Gasteiger partial charge in [-0.05, 0) is 25.0 Å². The smallest absolute Gasteiger partial charge is 0.272 e. The average Bonchev–Trinajstić information content (AvgIpc) is 2.29. The molecule has 0 spiro atoms. The fourth-order valence-electron chi connectivity index (χ4n) is 1.79. The molecular formula is C11H14N2O2. The minimum atomic E-state index is -0.383. The Labute approximate surface area is 88.6 Å². The normalized spacial score (nSPS) is 21.4. The molecule has 0 radical (unpaired) electrons. The molecule has 4 heteroatoms. The summed E-state index contributed by atoms with van der Waals surface area (Å²) in [6.45, 7) is 1.14. The van der Waals surface area contributed by atoms with Crippen LogP contribution in [0.5, 0.6) is 0 Å². The number of carbonyl (C=O) groups excluding carboxylic acids is 1. The molecule has 15 heavy (non-hydrogen) atoms. The Balaban J connectivity index is 2.08. The molecule has 1 fully saturated rings. The highest BCUT2D eigenvalue weighted by Gasteiger charge is 2.23. The van der Waals surface area contributed by atoms with Crippen LogP contribution in [0.15, 0.2) is 24.4 Å². The number of β-amino-alcohol motifs (C(OH)–C–C–N with tert-alkyl or cyclic N) is 1. The number of likely N-dealkylation sites (tertiary alicyclic amines) is 1. The van der Waals surface area contributed by atoms with E-state index in [1.165, 1.54) is 0 Å². The van der Waals surface area contributed by atoms with Gasteiger partial charge in [0.2, 0.25) is 0 Å². The quantitative estimate of drug-likeness (QED) is 0.735. The van der Waals surface area contributed by atoms with Gasteiger partial charge in [-0.15, -0.1) is 0 Å². The van der Waals surface area contributed by atoms with E-state index >= 15 is 0 Å². The fourth-order valence-corrected chi connectivity index (χ4v) is 1.79. The van der Waals surface area contributed by atoms with Crippen molar-refractivity contribution in [2.75, 3.05) is 13.1 Å². The maximum Gasteiger partial charge on any atom is 0.272 e. The van der Waals surface area contributed by atoms with Crippen molar-refractivity contribution in [2.24, 2.45) is 0 Å². The molecule has 1 aliphatic heterocycles. The van der Waals surface area contributed by atoms with Crippen LogP contribution >= 0.6 is 0 Å². The first-order valence-electron chi connectivity index (χ1n) is 5.16. The highest BCUT2D eigenvalue weighted by atomic mass is 16.3. The van der Waals surface area contributed by atoms with Gasteiger partial charge in [0, 0.05) is 19.3 Å². The molecule has 0 aromatic carbocycles. The molecule has 2 heterocycles. The number of nitrogens with zero attached hydrogens (tertiary/aromatic N) is 2. The van der Waals surface area contributed by atoms with Crippen LogP contribution in [-0.4, -0.2) is 40.1 Å². The largest absolute Gasteiger partial charge is 0.391 e. The first kappa shape index (κ1) is 10.1. The van der Waals surface area contributed by atoms with Crippen molar-refractivity contribution in [1.29, 1.82) is 0 Å². The molecule has 1 amide bonds. The molecule has 1 saturated heterocycles. The van der Waals surface area contributed by atoms with E-state index in [2.05, 4.69) is 4.98 Å². The van der Waals surface area contributed by atoms with Crippen LogP contribution in [0.2, 0.25) is 0 Å². The number of aromatic nitrogens is 1. The molecule has 1 aromatic rings. The molecule has 4 nitrogen and oxygen atoms in total. The van der Waals surface area contributed by atoms with Gasteiger partial charge in [0.15, 0.2) is 0 Å². The summed E-state index contributed by atoms with van der Waals surface area (Å²) in [7, 11) is 0. The van der Waals surface area contributed by atoms with E-state index in [1.807, 2.05) is 0 Å². The van der Waals surface area contributed by atoms with E-state index in [0.717, 1.165) is 12.8 Å². The maximum atomic E-state index is 11.9. The maximum absolute atomic E-state index is 11.9. The lowest BCUT2D eigenvalue weighted by Gasteiger charge is -2.29. The zero-order valence-corrected chi connectivity index (χ0v) is 8.47. The third-order valence-electron chi connectivity index (χ3n) is 2.57. The molecule has 0 aliphatic carbocycles. The zero-order chi connectivity index (χ0) is 10.7. The van der Waals surface area contributed by atoms with E-state index in [9.17, 15) is 9.90 Å². The summed E-state index contributed by atoms with van der Waals surface area (Å²) in [6.07, 6.45) is 2.87. The SMILES string of the molecule is O=C(c1ccccn1)N1CCCC(O)C1. The lowest BCUT2D eigenvalue weighted by Crippen LogP contribution is -2.42. The molecule has 2 rings (SSSR count). The number of pyridine rings is 1. The molecule has 1 aromatic heterocycles. The summed E-state index contributed by atoms with van der Waals surface area (Å²) in [5.41, 5.74) is 0.451. The van der Waals surface area contributed by atoms with Gasteiger partial charge in [0.25, 0.3) is 5.91 Å². The van der Waals surface area contributed by atoms with E-state index in [1.54, 1.807) is 29.3 Å². The van der Waals surface area contributed by atoms with Gasteiger partial charge < -0.3 is 10.0 Å². The highest BCUT2D eigenvalue weighted by Crippen LogP contribution is 2.12. The van der Waals surface area contributed by atoms with E-state index in [-0.39, 0.29) is 12.0 Å². The monoisotopic (exact) mass is 206 g/mol. The van der Waals surface area contributed by atoms with Crippen LogP contribution in [0.4, 0.5) is 0 Å². The van der Waals surface area contributed by atoms with E-state index in [0.29, 0.717) is 18.8 Å². The number of amides is 1. The molecule has 1 aliphatic rings. The molecule has 1 N–H and O–H groups in total. The number of aliphatic hydroxyl groups excluding tert-OH is 1. The summed E-state index contributed by atoms with van der Waals surface area (Å²) in [4.78, 5) is 17.6. The van der Waals surface area contributed by atoms with Crippen molar-refractivity contribution in [1.82, 2.24) is 9.88 Å². The van der Waals surface area contributed by atoms with Crippen molar-refractivity contribution in [3.05, 3.63) is 30.1 Å². The Morgan fingerprint density at radius 3 is 3.07 bits per heavy atom. The standard InChI is InChI=1S/C11H14N2O2/c14-9-4-3-7-13(8-9)11(15)10-5-1-2-6-12-10/h1-2,5-6,9,14H,3-4,7-8H2. The third kappa shape index (κ3) is 2.33. The second-order valence-corrected chi connectivity index (χ2v) is 3.76. The Hall–Kier alpha value is -1.42. The van der Waals surface area contributed by atoms with Crippen molar-refractivity contribution in [3.63, 3.8) is 0 Å². The van der Waals surface area contributed by atoms with Crippen LogP contribution in [0.1, 0.15) is 23.3 Å². The molecule has 0 bridgehead atoms. The van der Waals surface area contributed by atoms with Crippen molar-refractivity contribution in [2.45, 2.75) is 18.9 Å². The van der Waals surface area contributed by atoms with Crippen LogP contribution in [0.25, 0.3) is 0 Å². The molecular weight excluding hydrogens is 192 g/mol. The first-order chi connectivity index (χ1) is 7.27. The first-order valence-corrected chi connectivity index (χ1v) is 5.16. The predicted octanol–water partition coefficient (Wildman–Crippen LogP) is 0.678. The number of aliphatic hydroxyl groups is 1. The van der Waals surface area contributed by atoms with Gasteiger partial charge in [-0.2, -0.15) is 0 Å². The summed E-state index contributed by atoms with van der Waals surface area (Å²) in [5.74, 6) is -0.0886. The molecule has 0 saturated carbocycles. The third-order valence-corrected chi connectivity index (χ3v) is 2.57. The Kier molecular flexibility index (Phi) is 2.97. The average molecular weight is 206 g/mol.